The van der Waals surface area contributed by atoms with Crippen LogP contribution in [0.4, 0.5) is 0 Å². The maximum Gasteiger partial charge on any atom is 0.353 e. The normalized spacial score (nSPS) is 11.7. The van der Waals surface area contributed by atoms with Crippen LogP contribution in [0.2, 0.25) is 0 Å². The van der Waals surface area contributed by atoms with Gasteiger partial charge < -0.3 is 10.5 Å². The molecule has 0 atom stereocenters. The molecule has 1 aromatic carbocycles. The molecule has 0 amide bonds. The van der Waals surface area contributed by atoms with E-state index in [9.17, 15) is 4.79 Å². The number of methoxy groups -OCH3 is 1. The molecule has 0 aliphatic heterocycles. The maximum atomic E-state index is 10.9. The lowest BCUT2D eigenvalue weighted by molar-refractivity contribution is -0.136. The summed E-state index contributed by atoms with van der Waals surface area (Å²) in [6.07, 6.45) is 5.08. The van der Waals surface area contributed by atoms with Crippen LogP contribution >= 0.6 is 0 Å². The van der Waals surface area contributed by atoms with Gasteiger partial charge in [-0.1, -0.05) is 42.5 Å². The number of carbonyl (C=O) groups is 1. The fourth-order valence-corrected chi connectivity index (χ4v) is 1.01. The maximum absolute atomic E-state index is 10.9. The van der Waals surface area contributed by atoms with Crippen molar-refractivity contribution in [3.8, 4) is 0 Å². The van der Waals surface area contributed by atoms with Gasteiger partial charge in [0.2, 0.25) is 0 Å². The van der Waals surface area contributed by atoms with Crippen LogP contribution in [-0.2, 0) is 9.53 Å². The number of nitrogens with two attached hydrogens (primary N) is 1. The van der Waals surface area contributed by atoms with Crippen molar-refractivity contribution in [1.82, 2.24) is 0 Å². The van der Waals surface area contributed by atoms with Gasteiger partial charge in [0, 0.05) is 0 Å². The second-order valence-electron chi connectivity index (χ2n) is 2.88. The van der Waals surface area contributed by atoms with Crippen LogP contribution in [0.15, 0.2) is 48.2 Å². The first-order chi connectivity index (χ1) is 7.24. The van der Waals surface area contributed by atoms with E-state index in [1.54, 1.807) is 6.08 Å². The third-order valence-electron chi connectivity index (χ3n) is 1.79. The molecule has 0 spiro atoms. The summed E-state index contributed by atoms with van der Waals surface area (Å²) in [6, 6.07) is 9.73. The predicted molar refractivity (Wildman–Crippen MR) is 59.8 cm³/mol. The van der Waals surface area contributed by atoms with Crippen molar-refractivity contribution >= 4 is 12.0 Å². The first kappa shape index (κ1) is 11.0. The summed E-state index contributed by atoms with van der Waals surface area (Å²) < 4.78 is 4.45. The van der Waals surface area contributed by atoms with E-state index in [2.05, 4.69) is 4.74 Å². The standard InChI is InChI=1S/C12H13NO2/c1-15-12(14)11(13)9-5-8-10-6-3-2-4-7-10/h2-9H,13H2,1H3/b8-5+,11-9-. The van der Waals surface area contributed by atoms with Crippen LogP contribution < -0.4 is 5.73 Å². The number of esters is 1. The lowest BCUT2D eigenvalue weighted by Gasteiger charge is -1.95. The molecule has 15 heavy (non-hydrogen) atoms. The Hall–Kier alpha value is -2.03. The lowest BCUT2D eigenvalue weighted by Crippen LogP contribution is -2.12. The highest BCUT2D eigenvalue weighted by molar-refractivity contribution is 5.87. The van der Waals surface area contributed by atoms with Gasteiger partial charge in [-0.15, -0.1) is 0 Å². The molecule has 0 bridgehead atoms. The average Bonchev–Trinajstić information content (AvgIpc) is 2.29. The van der Waals surface area contributed by atoms with E-state index in [4.69, 9.17) is 5.73 Å². The van der Waals surface area contributed by atoms with Gasteiger partial charge in [0.15, 0.2) is 0 Å². The molecule has 3 nitrogen and oxygen atoms in total. The van der Waals surface area contributed by atoms with Gasteiger partial charge in [0.05, 0.1) is 7.11 Å². The van der Waals surface area contributed by atoms with Gasteiger partial charge in [-0.05, 0) is 11.6 Å². The Morgan fingerprint density at radius 1 is 1.33 bits per heavy atom. The van der Waals surface area contributed by atoms with Crippen LogP contribution in [-0.4, -0.2) is 13.1 Å². The number of carbonyl (C=O) groups excluding carboxylic acids is 1. The molecular weight excluding hydrogens is 190 g/mol. The summed E-state index contributed by atoms with van der Waals surface area (Å²) in [5.74, 6) is -0.521. The minimum absolute atomic E-state index is 0.0877. The fraction of sp³-hybridized carbons (Fsp3) is 0.0833. The quantitative estimate of drug-likeness (QED) is 0.462. The molecule has 0 unspecified atom stereocenters. The highest BCUT2D eigenvalue weighted by Crippen LogP contribution is 2.01. The average molecular weight is 203 g/mol. The molecule has 0 aliphatic rings. The zero-order chi connectivity index (χ0) is 11.1. The van der Waals surface area contributed by atoms with E-state index in [-0.39, 0.29) is 5.70 Å². The smallest absolute Gasteiger partial charge is 0.353 e. The second-order valence-corrected chi connectivity index (χ2v) is 2.88. The van der Waals surface area contributed by atoms with Gasteiger partial charge >= 0.3 is 5.97 Å². The van der Waals surface area contributed by atoms with Crippen molar-refractivity contribution in [3.05, 3.63) is 53.7 Å². The van der Waals surface area contributed by atoms with Crippen LogP contribution in [0, 0.1) is 0 Å². The van der Waals surface area contributed by atoms with Crippen molar-refractivity contribution in [2.75, 3.05) is 7.11 Å². The van der Waals surface area contributed by atoms with Crippen molar-refractivity contribution in [3.63, 3.8) is 0 Å². The van der Waals surface area contributed by atoms with Crippen LogP contribution in [0.25, 0.3) is 6.08 Å². The first-order valence-electron chi connectivity index (χ1n) is 4.51. The van der Waals surface area contributed by atoms with E-state index >= 15 is 0 Å². The Labute approximate surface area is 88.9 Å². The third-order valence-corrected chi connectivity index (χ3v) is 1.79. The first-order valence-corrected chi connectivity index (χ1v) is 4.51. The summed E-state index contributed by atoms with van der Waals surface area (Å²) in [4.78, 5) is 10.9. The zero-order valence-corrected chi connectivity index (χ0v) is 8.51. The topological polar surface area (TPSA) is 52.3 Å². The van der Waals surface area contributed by atoms with Crippen molar-refractivity contribution < 1.29 is 9.53 Å². The van der Waals surface area contributed by atoms with E-state index < -0.39 is 5.97 Å². The van der Waals surface area contributed by atoms with Crippen LogP contribution in [0.3, 0.4) is 0 Å². The SMILES string of the molecule is COC(=O)/C(N)=C/C=C/c1ccccc1. The number of allylic oxidation sites excluding steroid dienone is 2. The zero-order valence-electron chi connectivity index (χ0n) is 8.51. The van der Waals surface area contributed by atoms with E-state index in [0.29, 0.717) is 0 Å². The Balaban J connectivity index is 2.64. The van der Waals surface area contributed by atoms with E-state index in [0.717, 1.165) is 5.56 Å². The van der Waals surface area contributed by atoms with Gasteiger partial charge in [-0.2, -0.15) is 0 Å². The molecule has 0 saturated carbocycles. The van der Waals surface area contributed by atoms with Gasteiger partial charge in [-0.25, -0.2) is 4.79 Å². The molecule has 1 aromatic rings. The second kappa shape index (κ2) is 5.65. The Morgan fingerprint density at radius 3 is 2.60 bits per heavy atom. The van der Waals surface area contributed by atoms with Gasteiger partial charge in [-0.3, -0.25) is 0 Å². The number of hydrogen-bond acceptors (Lipinski definition) is 3. The highest BCUT2D eigenvalue weighted by Gasteiger charge is 2.00. The monoisotopic (exact) mass is 203 g/mol. The summed E-state index contributed by atoms with van der Waals surface area (Å²) >= 11 is 0. The van der Waals surface area contributed by atoms with Crippen molar-refractivity contribution in [2.45, 2.75) is 0 Å². The predicted octanol–water partition coefficient (Wildman–Crippen LogP) is 1.72. The molecule has 1 rings (SSSR count). The molecular formula is C12H13NO2. The fourth-order valence-electron chi connectivity index (χ4n) is 1.01. The summed E-state index contributed by atoms with van der Waals surface area (Å²) in [6.45, 7) is 0. The van der Waals surface area contributed by atoms with Crippen LogP contribution in [0.5, 0.6) is 0 Å². The largest absolute Gasteiger partial charge is 0.464 e. The summed E-state index contributed by atoms with van der Waals surface area (Å²) in [5, 5.41) is 0. The molecule has 0 radical (unpaired) electrons. The third kappa shape index (κ3) is 3.68. The number of rotatable bonds is 3. The number of ether oxygens (including phenoxy) is 1. The van der Waals surface area contributed by atoms with Gasteiger partial charge in [0.1, 0.15) is 5.70 Å². The molecule has 0 aromatic heterocycles. The Kier molecular flexibility index (Phi) is 4.16. The molecule has 0 heterocycles. The molecule has 0 saturated heterocycles. The van der Waals surface area contributed by atoms with Crippen molar-refractivity contribution in [2.24, 2.45) is 5.73 Å². The molecule has 78 valence electrons. The minimum Gasteiger partial charge on any atom is -0.464 e. The lowest BCUT2D eigenvalue weighted by atomic mass is 10.2. The summed E-state index contributed by atoms with van der Waals surface area (Å²) in [5.41, 5.74) is 6.56. The number of hydrogen-bond donors (Lipinski definition) is 1. The Morgan fingerprint density at radius 2 is 2.00 bits per heavy atom. The van der Waals surface area contributed by atoms with Crippen molar-refractivity contribution in [1.29, 1.82) is 0 Å². The van der Waals surface area contributed by atoms with Gasteiger partial charge in [0.25, 0.3) is 0 Å². The number of benzene rings is 1. The Bertz CT molecular complexity index is 380. The highest BCUT2D eigenvalue weighted by atomic mass is 16.5. The van der Waals surface area contributed by atoms with Crippen LogP contribution in [0.1, 0.15) is 5.56 Å². The summed E-state index contributed by atoms with van der Waals surface area (Å²) in [7, 11) is 1.30. The van der Waals surface area contributed by atoms with E-state index in [1.165, 1.54) is 13.2 Å². The van der Waals surface area contributed by atoms with E-state index in [1.807, 2.05) is 36.4 Å². The molecule has 0 aliphatic carbocycles. The minimum atomic E-state index is -0.521. The molecule has 2 N–H and O–H groups in total. The molecule has 0 fully saturated rings. The molecule has 3 heteroatoms.